The highest BCUT2D eigenvalue weighted by Gasteiger charge is 2.19. The van der Waals surface area contributed by atoms with Gasteiger partial charge in [0.15, 0.2) is 4.34 Å². The van der Waals surface area contributed by atoms with Crippen LogP contribution in [0.1, 0.15) is 21.8 Å². The van der Waals surface area contributed by atoms with Gasteiger partial charge in [-0.25, -0.2) is 0 Å². The van der Waals surface area contributed by atoms with Crippen molar-refractivity contribution in [2.24, 2.45) is 0 Å². The molecule has 0 atom stereocenters. The molecule has 0 saturated heterocycles. The van der Waals surface area contributed by atoms with Gasteiger partial charge < -0.3 is 14.4 Å². The Morgan fingerprint density at radius 1 is 1.40 bits per heavy atom. The third-order valence-electron chi connectivity index (χ3n) is 2.20. The van der Waals surface area contributed by atoms with Gasteiger partial charge in [0.1, 0.15) is 11.3 Å². The first-order valence-electron chi connectivity index (χ1n) is 5.37. The van der Waals surface area contributed by atoms with Crippen molar-refractivity contribution in [2.75, 3.05) is 11.1 Å². The maximum atomic E-state index is 12.0. The van der Waals surface area contributed by atoms with Gasteiger partial charge in [0, 0.05) is 5.75 Å². The van der Waals surface area contributed by atoms with Crippen LogP contribution >= 0.6 is 23.1 Å². The normalized spacial score (nSPS) is 10.5. The molecule has 0 fully saturated rings. The predicted octanol–water partition coefficient (Wildman–Crippen LogP) is 0.237. The lowest BCUT2D eigenvalue weighted by molar-refractivity contribution is -0.301. The Bertz CT molecular complexity index is 632. The van der Waals surface area contributed by atoms with Crippen LogP contribution in [0.2, 0.25) is 0 Å². The summed E-state index contributed by atoms with van der Waals surface area (Å²) in [5.74, 6) is -1.39. The number of carbonyl (C=O) groups excluding carboxylic acids is 2. The highest BCUT2D eigenvalue weighted by Crippen LogP contribution is 2.25. The van der Waals surface area contributed by atoms with Crippen LogP contribution in [0.25, 0.3) is 0 Å². The number of carboxylic acid groups (broad SMARTS) is 1. The summed E-state index contributed by atoms with van der Waals surface area (Å²) >= 11 is 2.06. The monoisotopic (exact) mass is 313 g/mol. The fourth-order valence-electron chi connectivity index (χ4n) is 1.41. The standard InChI is InChI=1S/C10H10N4O4S2/c1-4-7(5(2)18-14-4)8(17)11-9-12-13-10(20-9)19-3-6(15)16/h3H2,1-2H3,(H,15,16)(H,11,12,17)/p-1. The second kappa shape index (κ2) is 6.01. The van der Waals surface area contributed by atoms with Gasteiger partial charge in [0.25, 0.3) is 5.91 Å². The first-order chi connectivity index (χ1) is 9.47. The lowest BCUT2D eigenvalue weighted by Crippen LogP contribution is -2.24. The summed E-state index contributed by atoms with van der Waals surface area (Å²) in [7, 11) is 0. The number of rotatable bonds is 5. The first-order valence-corrected chi connectivity index (χ1v) is 7.18. The van der Waals surface area contributed by atoms with Gasteiger partial charge in [-0.3, -0.25) is 10.1 Å². The quantitative estimate of drug-likeness (QED) is 0.615. The van der Waals surface area contributed by atoms with Crippen molar-refractivity contribution in [3.05, 3.63) is 17.0 Å². The zero-order valence-corrected chi connectivity index (χ0v) is 12.1. The first kappa shape index (κ1) is 14.5. The van der Waals surface area contributed by atoms with Crippen LogP contribution in [-0.4, -0.2) is 33.0 Å². The molecule has 20 heavy (non-hydrogen) atoms. The van der Waals surface area contributed by atoms with Gasteiger partial charge in [0.2, 0.25) is 5.13 Å². The summed E-state index contributed by atoms with van der Waals surface area (Å²) in [5.41, 5.74) is 0.834. The van der Waals surface area contributed by atoms with Gasteiger partial charge in [-0.1, -0.05) is 28.3 Å². The summed E-state index contributed by atoms with van der Waals surface area (Å²) in [6, 6.07) is 0. The topological polar surface area (TPSA) is 121 Å². The number of thioether (sulfide) groups is 1. The summed E-state index contributed by atoms with van der Waals surface area (Å²) in [6.07, 6.45) is 0. The number of carboxylic acids is 1. The number of amides is 1. The number of anilines is 1. The Labute approximate surface area is 121 Å². The zero-order chi connectivity index (χ0) is 14.7. The van der Waals surface area contributed by atoms with E-state index in [0.29, 0.717) is 21.4 Å². The molecule has 2 heterocycles. The largest absolute Gasteiger partial charge is 0.549 e. The second-order valence-corrected chi connectivity index (χ2v) is 5.89. The minimum atomic E-state index is -1.19. The van der Waals surface area contributed by atoms with Crippen molar-refractivity contribution < 1.29 is 19.2 Å². The Morgan fingerprint density at radius 3 is 2.75 bits per heavy atom. The molecule has 8 nitrogen and oxygen atoms in total. The number of nitrogens with one attached hydrogen (secondary N) is 1. The molecule has 0 aliphatic rings. The number of aliphatic carboxylic acids is 1. The van der Waals surface area contributed by atoms with Crippen molar-refractivity contribution in [2.45, 2.75) is 18.2 Å². The molecule has 0 unspecified atom stereocenters. The van der Waals surface area contributed by atoms with E-state index in [-0.39, 0.29) is 10.9 Å². The highest BCUT2D eigenvalue weighted by atomic mass is 32.2. The molecule has 0 radical (unpaired) electrons. The van der Waals surface area contributed by atoms with Crippen LogP contribution in [0.3, 0.4) is 0 Å². The number of carbonyl (C=O) groups is 2. The average molecular weight is 313 g/mol. The van der Waals surface area contributed by atoms with Crippen LogP contribution in [0.15, 0.2) is 8.86 Å². The maximum absolute atomic E-state index is 12.0. The second-order valence-electron chi connectivity index (χ2n) is 3.69. The Morgan fingerprint density at radius 2 is 2.15 bits per heavy atom. The number of aryl methyl sites for hydroxylation is 2. The molecule has 0 aliphatic heterocycles. The fraction of sp³-hybridized carbons (Fsp3) is 0.300. The number of hydrogen-bond acceptors (Lipinski definition) is 9. The van der Waals surface area contributed by atoms with E-state index in [0.717, 1.165) is 23.1 Å². The molecular formula is C10H9N4O4S2-. The van der Waals surface area contributed by atoms with Crippen molar-refractivity contribution in [1.82, 2.24) is 15.4 Å². The molecular weight excluding hydrogens is 304 g/mol. The molecule has 0 aliphatic carbocycles. The van der Waals surface area contributed by atoms with Crippen LogP contribution in [-0.2, 0) is 4.79 Å². The molecule has 10 heteroatoms. The molecule has 1 amide bonds. The van der Waals surface area contributed by atoms with Gasteiger partial charge in [-0.05, 0) is 13.8 Å². The van der Waals surface area contributed by atoms with Crippen molar-refractivity contribution in [3.8, 4) is 0 Å². The maximum Gasteiger partial charge on any atom is 0.263 e. The average Bonchev–Trinajstić information content (AvgIpc) is 2.94. The fourth-order valence-corrected chi connectivity index (χ4v) is 2.87. The molecule has 0 bridgehead atoms. The van der Waals surface area contributed by atoms with Crippen LogP contribution in [0, 0.1) is 13.8 Å². The van der Waals surface area contributed by atoms with Crippen molar-refractivity contribution in [3.63, 3.8) is 0 Å². The number of hydrogen-bond donors (Lipinski definition) is 1. The van der Waals surface area contributed by atoms with E-state index in [1.165, 1.54) is 0 Å². The van der Waals surface area contributed by atoms with E-state index in [2.05, 4.69) is 20.7 Å². The highest BCUT2D eigenvalue weighted by molar-refractivity contribution is 8.01. The smallest absolute Gasteiger partial charge is 0.263 e. The third-order valence-corrected chi connectivity index (χ3v) is 4.15. The van der Waals surface area contributed by atoms with Gasteiger partial charge >= 0.3 is 0 Å². The van der Waals surface area contributed by atoms with Crippen molar-refractivity contribution in [1.29, 1.82) is 0 Å². The molecule has 2 aromatic rings. The van der Waals surface area contributed by atoms with E-state index < -0.39 is 11.9 Å². The summed E-state index contributed by atoms with van der Waals surface area (Å²) < 4.78 is 5.34. The summed E-state index contributed by atoms with van der Waals surface area (Å²) in [4.78, 5) is 22.3. The number of nitrogens with zero attached hydrogens (tertiary/aromatic N) is 3. The molecule has 2 rings (SSSR count). The summed E-state index contributed by atoms with van der Waals surface area (Å²) in [6.45, 7) is 3.29. The lowest BCUT2D eigenvalue weighted by atomic mass is 10.2. The van der Waals surface area contributed by atoms with E-state index in [9.17, 15) is 14.7 Å². The molecule has 2 aromatic heterocycles. The minimum Gasteiger partial charge on any atom is -0.549 e. The van der Waals surface area contributed by atoms with Crippen LogP contribution < -0.4 is 10.4 Å². The van der Waals surface area contributed by atoms with Gasteiger partial charge in [-0.2, -0.15) is 0 Å². The van der Waals surface area contributed by atoms with E-state index in [4.69, 9.17) is 4.52 Å². The SMILES string of the molecule is Cc1noc(C)c1C(=O)Nc1nnc(SCC(=O)[O-])s1. The Balaban J connectivity index is 2.03. The third kappa shape index (κ3) is 3.33. The number of aromatic nitrogens is 3. The zero-order valence-electron chi connectivity index (χ0n) is 10.5. The lowest BCUT2D eigenvalue weighted by Gasteiger charge is -1.99. The van der Waals surface area contributed by atoms with Gasteiger partial charge in [0.05, 0.1) is 11.7 Å². The molecule has 0 aromatic carbocycles. The Hall–Kier alpha value is -1.94. The minimum absolute atomic E-state index is 0.216. The molecule has 0 saturated carbocycles. The summed E-state index contributed by atoms with van der Waals surface area (Å²) in [5, 5.41) is 24.4. The van der Waals surface area contributed by atoms with Crippen LogP contribution in [0.4, 0.5) is 5.13 Å². The van der Waals surface area contributed by atoms with Crippen molar-refractivity contribution >= 4 is 40.1 Å². The predicted molar refractivity (Wildman–Crippen MR) is 69.6 cm³/mol. The molecule has 106 valence electrons. The van der Waals surface area contributed by atoms with E-state index in [1.807, 2.05) is 0 Å². The Kier molecular flexibility index (Phi) is 4.35. The van der Waals surface area contributed by atoms with Crippen LogP contribution in [0.5, 0.6) is 0 Å². The molecule has 1 N–H and O–H groups in total. The van der Waals surface area contributed by atoms with E-state index in [1.54, 1.807) is 13.8 Å². The van der Waals surface area contributed by atoms with E-state index >= 15 is 0 Å². The molecule has 0 spiro atoms. The van der Waals surface area contributed by atoms with Gasteiger partial charge in [-0.15, -0.1) is 10.2 Å².